The summed E-state index contributed by atoms with van der Waals surface area (Å²) < 4.78 is 1.74. The fourth-order valence-electron chi connectivity index (χ4n) is 3.28. The lowest BCUT2D eigenvalue weighted by molar-refractivity contribution is -0.142. The number of nitrogens with one attached hydrogen (secondary N) is 1. The van der Waals surface area contributed by atoms with Crippen LogP contribution in [0.2, 0.25) is 0 Å². The molecule has 2 N–H and O–H groups in total. The molecule has 0 aromatic carbocycles. The van der Waals surface area contributed by atoms with Crippen molar-refractivity contribution in [1.82, 2.24) is 25.0 Å². The van der Waals surface area contributed by atoms with Crippen molar-refractivity contribution in [2.45, 2.75) is 37.9 Å². The first-order valence-corrected chi connectivity index (χ1v) is 6.69. The molecule has 8 heteroatoms. The highest BCUT2D eigenvalue weighted by molar-refractivity contribution is 5.79. The van der Waals surface area contributed by atoms with Crippen molar-refractivity contribution in [3.63, 3.8) is 0 Å². The summed E-state index contributed by atoms with van der Waals surface area (Å²) in [7, 11) is 1.81. The van der Waals surface area contributed by atoms with Crippen molar-refractivity contribution >= 4 is 12.0 Å². The third-order valence-corrected chi connectivity index (χ3v) is 4.29. The second-order valence-corrected chi connectivity index (χ2v) is 5.40. The normalized spacial score (nSPS) is 27.9. The molecule has 3 rings (SSSR count). The fourth-order valence-corrected chi connectivity index (χ4v) is 3.28. The molecule has 20 heavy (non-hydrogen) atoms. The molecule has 3 heterocycles. The Morgan fingerprint density at radius 2 is 2.30 bits per heavy atom. The van der Waals surface area contributed by atoms with E-state index in [1.54, 1.807) is 15.8 Å². The Labute approximate surface area is 115 Å². The van der Waals surface area contributed by atoms with Gasteiger partial charge in [0.05, 0.1) is 12.5 Å². The number of hydrogen-bond donors (Lipinski definition) is 2. The van der Waals surface area contributed by atoms with E-state index in [9.17, 15) is 14.7 Å². The van der Waals surface area contributed by atoms with E-state index in [4.69, 9.17) is 0 Å². The molecule has 0 saturated carbocycles. The van der Waals surface area contributed by atoms with Gasteiger partial charge in [-0.25, -0.2) is 4.79 Å². The van der Waals surface area contributed by atoms with Gasteiger partial charge in [-0.3, -0.25) is 4.79 Å². The predicted molar refractivity (Wildman–Crippen MR) is 67.6 cm³/mol. The summed E-state index contributed by atoms with van der Waals surface area (Å²) in [6.45, 7) is 0.295. The van der Waals surface area contributed by atoms with Crippen LogP contribution >= 0.6 is 0 Å². The third-order valence-electron chi connectivity index (χ3n) is 4.29. The van der Waals surface area contributed by atoms with Crippen LogP contribution in [0.5, 0.6) is 0 Å². The number of carbonyl (C=O) groups is 2. The number of carboxylic acids is 1. The van der Waals surface area contributed by atoms with E-state index in [0.29, 0.717) is 18.8 Å². The zero-order valence-corrected chi connectivity index (χ0v) is 11.2. The van der Waals surface area contributed by atoms with Crippen molar-refractivity contribution in [2.75, 3.05) is 0 Å². The van der Waals surface area contributed by atoms with Crippen molar-refractivity contribution in [3.05, 3.63) is 12.2 Å². The smallest absolute Gasteiger partial charge is 0.318 e. The minimum absolute atomic E-state index is 0.0561. The number of rotatable bonds is 3. The molecule has 0 radical (unpaired) electrons. The highest BCUT2D eigenvalue weighted by Crippen LogP contribution is 2.41. The molecule has 2 fully saturated rings. The number of amides is 2. The van der Waals surface area contributed by atoms with Gasteiger partial charge < -0.3 is 19.9 Å². The maximum atomic E-state index is 12.2. The highest BCUT2D eigenvalue weighted by atomic mass is 16.4. The molecule has 2 amide bonds. The number of urea groups is 1. The average molecular weight is 279 g/mol. The molecule has 3 unspecified atom stereocenters. The number of hydrogen-bond acceptors (Lipinski definition) is 4. The molecule has 2 aliphatic rings. The van der Waals surface area contributed by atoms with Crippen molar-refractivity contribution in [1.29, 1.82) is 0 Å². The van der Waals surface area contributed by atoms with Gasteiger partial charge in [-0.15, -0.1) is 10.2 Å². The van der Waals surface area contributed by atoms with Crippen LogP contribution in [-0.2, 0) is 18.4 Å². The second kappa shape index (κ2) is 4.77. The van der Waals surface area contributed by atoms with Crippen molar-refractivity contribution in [3.8, 4) is 0 Å². The van der Waals surface area contributed by atoms with Crippen molar-refractivity contribution < 1.29 is 14.7 Å². The molecule has 0 aliphatic carbocycles. The third kappa shape index (κ3) is 2.00. The topological polar surface area (TPSA) is 100 Å². The van der Waals surface area contributed by atoms with Gasteiger partial charge in [0, 0.05) is 19.1 Å². The Balaban J connectivity index is 1.64. The van der Waals surface area contributed by atoms with Crippen LogP contribution in [0.3, 0.4) is 0 Å². The Bertz CT molecular complexity index is 543. The zero-order chi connectivity index (χ0) is 14.3. The summed E-state index contributed by atoms with van der Waals surface area (Å²) in [6.07, 6.45) is 3.81. The lowest BCUT2D eigenvalue weighted by Crippen LogP contribution is -2.44. The summed E-state index contributed by atoms with van der Waals surface area (Å²) in [6, 6.07) is -0.318. The SMILES string of the molecule is Cn1cnnc1CNC(=O)N1C2CCC1C(C(=O)O)C2. The van der Waals surface area contributed by atoms with E-state index in [0.717, 1.165) is 12.8 Å². The minimum Gasteiger partial charge on any atom is -0.481 e. The van der Waals surface area contributed by atoms with Crippen LogP contribution in [0.4, 0.5) is 4.79 Å². The average Bonchev–Trinajstić information content (AvgIpc) is 3.09. The molecule has 108 valence electrons. The van der Waals surface area contributed by atoms with Crippen LogP contribution in [0.1, 0.15) is 25.1 Å². The Hall–Kier alpha value is -2.12. The highest BCUT2D eigenvalue weighted by Gasteiger charge is 2.51. The lowest BCUT2D eigenvalue weighted by Gasteiger charge is -2.23. The van der Waals surface area contributed by atoms with E-state index in [2.05, 4.69) is 15.5 Å². The molecular formula is C12H17N5O3. The minimum atomic E-state index is -0.802. The monoisotopic (exact) mass is 279 g/mol. The van der Waals surface area contributed by atoms with E-state index in [1.807, 2.05) is 7.05 Å². The Morgan fingerprint density at radius 1 is 1.50 bits per heavy atom. The van der Waals surface area contributed by atoms with Crippen LogP contribution in [-0.4, -0.2) is 48.9 Å². The molecule has 2 bridgehead atoms. The molecular weight excluding hydrogens is 262 g/mol. The molecule has 0 spiro atoms. The molecule has 2 saturated heterocycles. The maximum absolute atomic E-state index is 12.2. The molecule has 1 aromatic heterocycles. The van der Waals surface area contributed by atoms with E-state index < -0.39 is 11.9 Å². The van der Waals surface area contributed by atoms with Gasteiger partial charge in [0.1, 0.15) is 6.33 Å². The molecule has 1 aromatic rings. The van der Waals surface area contributed by atoms with Crippen molar-refractivity contribution in [2.24, 2.45) is 13.0 Å². The van der Waals surface area contributed by atoms with Crippen LogP contribution in [0.15, 0.2) is 6.33 Å². The van der Waals surface area contributed by atoms with E-state index in [1.165, 1.54) is 0 Å². The zero-order valence-electron chi connectivity index (χ0n) is 11.2. The number of carboxylic acid groups (broad SMARTS) is 1. The van der Waals surface area contributed by atoms with Crippen LogP contribution in [0, 0.1) is 5.92 Å². The summed E-state index contributed by atoms with van der Waals surface area (Å²) in [5.41, 5.74) is 0. The number of aromatic nitrogens is 3. The van der Waals surface area contributed by atoms with Gasteiger partial charge in [0.25, 0.3) is 0 Å². The lowest BCUT2D eigenvalue weighted by atomic mass is 9.89. The second-order valence-electron chi connectivity index (χ2n) is 5.40. The summed E-state index contributed by atoms with van der Waals surface area (Å²) >= 11 is 0. The summed E-state index contributed by atoms with van der Waals surface area (Å²) in [5, 5.41) is 19.6. The predicted octanol–water partition coefficient (Wildman–Crippen LogP) is -0.0378. The molecule has 3 atom stereocenters. The summed E-state index contributed by atoms with van der Waals surface area (Å²) in [5.74, 6) is -0.558. The number of fused-ring (bicyclic) bond motifs is 2. The van der Waals surface area contributed by atoms with Gasteiger partial charge in [0.15, 0.2) is 5.82 Å². The van der Waals surface area contributed by atoms with E-state index >= 15 is 0 Å². The number of nitrogens with zero attached hydrogens (tertiary/aromatic N) is 4. The first-order chi connectivity index (χ1) is 9.58. The number of carbonyl (C=O) groups excluding carboxylic acids is 1. The first kappa shape index (κ1) is 12.9. The van der Waals surface area contributed by atoms with Crippen LogP contribution < -0.4 is 5.32 Å². The quantitative estimate of drug-likeness (QED) is 0.808. The standard InChI is InChI=1S/C12H17N5O3/c1-16-6-14-15-10(16)5-13-12(20)17-7-2-3-9(17)8(4-7)11(18)19/h6-9H,2-5H2,1H3,(H,13,20)(H,18,19). The van der Waals surface area contributed by atoms with E-state index in [-0.39, 0.29) is 18.1 Å². The Kier molecular flexibility index (Phi) is 3.07. The first-order valence-electron chi connectivity index (χ1n) is 6.69. The van der Waals surface area contributed by atoms with Gasteiger partial charge in [0.2, 0.25) is 0 Å². The number of aliphatic carboxylic acids is 1. The molecule has 8 nitrogen and oxygen atoms in total. The Morgan fingerprint density at radius 3 is 2.90 bits per heavy atom. The van der Waals surface area contributed by atoms with Gasteiger partial charge in [-0.2, -0.15) is 0 Å². The van der Waals surface area contributed by atoms with Gasteiger partial charge in [-0.1, -0.05) is 0 Å². The fraction of sp³-hybridized carbons (Fsp3) is 0.667. The summed E-state index contributed by atoms with van der Waals surface area (Å²) in [4.78, 5) is 25.1. The van der Waals surface area contributed by atoms with Gasteiger partial charge >= 0.3 is 12.0 Å². The maximum Gasteiger partial charge on any atom is 0.318 e. The van der Waals surface area contributed by atoms with Crippen LogP contribution in [0.25, 0.3) is 0 Å². The largest absolute Gasteiger partial charge is 0.481 e. The molecule has 2 aliphatic heterocycles. The van der Waals surface area contributed by atoms with Gasteiger partial charge in [-0.05, 0) is 19.3 Å². The number of aryl methyl sites for hydroxylation is 1.